The molecule has 1 unspecified atom stereocenters. The molecule has 1 atom stereocenters. The number of likely N-dealkylation sites (tertiary alicyclic amines) is 2. The molecule has 2 aliphatic heterocycles. The number of para-hydroxylation sites is 1. The van der Waals surface area contributed by atoms with E-state index < -0.39 is 5.82 Å². The number of piperidine rings is 1. The van der Waals surface area contributed by atoms with Gasteiger partial charge < -0.3 is 15.1 Å². The van der Waals surface area contributed by atoms with Gasteiger partial charge in [-0.25, -0.2) is 4.39 Å². The Morgan fingerprint density at radius 2 is 1.92 bits per heavy atom. The van der Waals surface area contributed by atoms with Crippen LogP contribution in [0.15, 0.2) is 28.7 Å². The van der Waals surface area contributed by atoms with Crippen molar-refractivity contribution in [3.8, 4) is 0 Å². The fourth-order valence-electron chi connectivity index (χ4n) is 4.22. The first-order valence-corrected chi connectivity index (χ1v) is 9.07. The van der Waals surface area contributed by atoms with Gasteiger partial charge in [0.05, 0.1) is 6.04 Å². The van der Waals surface area contributed by atoms with E-state index in [1.807, 2.05) is 0 Å². The van der Waals surface area contributed by atoms with Crippen molar-refractivity contribution in [1.29, 1.82) is 0 Å². The number of carbonyl (C=O) groups is 2. The Kier molecular flexibility index (Phi) is 4.40. The maximum atomic E-state index is 13.8. The van der Waals surface area contributed by atoms with Gasteiger partial charge in [-0.3, -0.25) is 14.5 Å². The predicted octanol–water partition coefficient (Wildman–Crippen LogP) is 2.13. The first-order chi connectivity index (χ1) is 12.5. The maximum Gasteiger partial charge on any atom is 0.289 e. The van der Waals surface area contributed by atoms with Crippen molar-refractivity contribution in [1.82, 2.24) is 9.80 Å². The van der Waals surface area contributed by atoms with Crippen LogP contribution in [0.25, 0.3) is 11.0 Å². The molecule has 0 radical (unpaired) electrons. The molecule has 3 heterocycles. The van der Waals surface area contributed by atoms with Crippen molar-refractivity contribution in [2.24, 2.45) is 5.73 Å². The van der Waals surface area contributed by atoms with Gasteiger partial charge in [0, 0.05) is 24.5 Å². The Morgan fingerprint density at radius 3 is 2.62 bits per heavy atom. The van der Waals surface area contributed by atoms with Crippen molar-refractivity contribution in [2.75, 3.05) is 19.6 Å². The van der Waals surface area contributed by atoms with E-state index in [4.69, 9.17) is 10.2 Å². The molecule has 7 heteroatoms. The number of benzene rings is 1. The van der Waals surface area contributed by atoms with Crippen LogP contribution in [0.4, 0.5) is 4.39 Å². The molecular weight excluding hydrogens is 337 g/mol. The lowest BCUT2D eigenvalue weighted by Crippen LogP contribution is -2.51. The summed E-state index contributed by atoms with van der Waals surface area (Å²) in [6.45, 7) is 2.06. The molecule has 2 saturated heterocycles. The number of carbonyl (C=O) groups excluding carboxylic acids is 2. The summed E-state index contributed by atoms with van der Waals surface area (Å²) in [4.78, 5) is 28.2. The number of furan rings is 1. The number of amides is 2. The summed E-state index contributed by atoms with van der Waals surface area (Å²) < 4.78 is 19.2. The Labute approximate surface area is 150 Å². The number of hydrogen-bond donors (Lipinski definition) is 1. The van der Waals surface area contributed by atoms with Crippen LogP contribution < -0.4 is 5.73 Å². The first-order valence-electron chi connectivity index (χ1n) is 9.07. The zero-order valence-electron chi connectivity index (χ0n) is 14.5. The molecule has 1 aromatic carbocycles. The van der Waals surface area contributed by atoms with E-state index in [-0.39, 0.29) is 35.2 Å². The van der Waals surface area contributed by atoms with Crippen molar-refractivity contribution in [3.63, 3.8) is 0 Å². The van der Waals surface area contributed by atoms with Gasteiger partial charge in [-0.1, -0.05) is 12.1 Å². The van der Waals surface area contributed by atoms with E-state index in [0.29, 0.717) is 18.5 Å². The fraction of sp³-hybridized carbons (Fsp3) is 0.474. The highest BCUT2D eigenvalue weighted by Gasteiger charge is 2.36. The van der Waals surface area contributed by atoms with E-state index in [1.165, 1.54) is 6.07 Å². The monoisotopic (exact) mass is 359 g/mol. The van der Waals surface area contributed by atoms with Crippen LogP contribution in [-0.4, -0.2) is 53.3 Å². The Hall–Kier alpha value is -2.41. The average Bonchev–Trinajstić information content (AvgIpc) is 3.29. The lowest BCUT2D eigenvalue weighted by molar-refractivity contribution is -0.123. The van der Waals surface area contributed by atoms with Gasteiger partial charge in [0.15, 0.2) is 17.2 Å². The zero-order chi connectivity index (χ0) is 18.3. The summed E-state index contributed by atoms with van der Waals surface area (Å²) in [5, 5.41) is 0.588. The molecule has 2 aliphatic rings. The molecule has 6 nitrogen and oxygen atoms in total. The molecule has 4 rings (SSSR count). The topological polar surface area (TPSA) is 79.8 Å². The highest BCUT2D eigenvalue weighted by atomic mass is 19.1. The molecule has 2 N–H and O–H groups in total. The second-order valence-electron chi connectivity index (χ2n) is 7.09. The molecule has 1 aromatic heterocycles. The second-order valence-corrected chi connectivity index (χ2v) is 7.09. The Morgan fingerprint density at radius 1 is 1.15 bits per heavy atom. The van der Waals surface area contributed by atoms with Crippen LogP contribution >= 0.6 is 0 Å². The molecule has 0 bridgehead atoms. The third-order valence-electron chi connectivity index (χ3n) is 5.55. The van der Waals surface area contributed by atoms with E-state index >= 15 is 0 Å². The van der Waals surface area contributed by atoms with Crippen molar-refractivity contribution < 1.29 is 18.4 Å². The third kappa shape index (κ3) is 2.96. The van der Waals surface area contributed by atoms with Gasteiger partial charge in [0.25, 0.3) is 5.91 Å². The van der Waals surface area contributed by atoms with Crippen molar-refractivity contribution in [2.45, 2.75) is 37.8 Å². The minimum atomic E-state index is -0.466. The van der Waals surface area contributed by atoms with E-state index in [2.05, 4.69) is 4.90 Å². The lowest BCUT2D eigenvalue weighted by atomic mass is 10.0. The number of fused-ring (bicyclic) bond motifs is 1. The SMILES string of the molecule is NC(=O)C1CCCN1C1CCN(C(=O)c2cc3cccc(F)c3o2)CC1. The molecule has 0 aliphatic carbocycles. The minimum Gasteiger partial charge on any atom is -0.448 e. The second kappa shape index (κ2) is 6.72. The number of nitrogens with two attached hydrogens (primary N) is 1. The van der Waals surface area contributed by atoms with Crippen LogP contribution in [0, 0.1) is 5.82 Å². The van der Waals surface area contributed by atoms with Crippen LogP contribution in [0.3, 0.4) is 0 Å². The molecule has 138 valence electrons. The van der Waals surface area contributed by atoms with Gasteiger partial charge in [-0.05, 0) is 44.4 Å². The number of hydrogen-bond acceptors (Lipinski definition) is 4. The molecule has 2 amide bonds. The third-order valence-corrected chi connectivity index (χ3v) is 5.55. The molecule has 2 fully saturated rings. The highest BCUT2D eigenvalue weighted by Crippen LogP contribution is 2.28. The average molecular weight is 359 g/mol. The van der Waals surface area contributed by atoms with E-state index in [1.54, 1.807) is 23.1 Å². The summed E-state index contributed by atoms with van der Waals surface area (Å²) >= 11 is 0. The highest BCUT2D eigenvalue weighted by molar-refractivity contribution is 5.96. The molecule has 26 heavy (non-hydrogen) atoms. The van der Waals surface area contributed by atoms with Crippen LogP contribution in [0.2, 0.25) is 0 Å². The number of nitrogens with zero attached hydrogens (tertiary/aromatic N) is 2. The molecule has 0 spiro atoms. The number of primary amides is 1. The van der Waals surface area contributed by atoms with E-state index in [9.17, 15) is 14.0 Å². The van der Waals surface area contributed by atoms with Gasteiger partial charge in [0.1, 0.15) is 0 Å². The van der Waals surface area contributed by atoms with Gasteiger partial charge in [-0.2, -0.15) is 0 Å². The van der Waals surface area contributed by atoms with Gasteiger partial charge in [-0.15, -0.1) is 0 Å². The molecule has 2 aromatic rings. The van der Waals surface area contributed by atoms with Gasteiger partial charge in [0.2, 0.25) is 5.91 Å². The maximum absolute atomic E-state index is 13.8. The summed E-state index contributed by atoms with van der Waals surface area (Å²) in [6.07, 6.45) is 3.39. The summed E-state index contributed by atoms with van der Waals surface area (Å²) in [7, 11) is 0. The fourth-order valence-corrected chi connectivity index (χ4v) is 4.22. The van der Waals surface area contributed by atoms with Crippen molar-refractivity contribution >= 4 is 22.8 Å². The summed E-state index contributed by atoms with van der Waals surface area (Å²) in [6, 6.07) is 6.32. The van der Waals surface area contributed by atoms with Crippen LogP contribution in [0.5, 0.6) is 0 Å². The van der Waals surface area contributed by atoms with Crippen LogP contribution in [-0.2, 0) is 4.79 Å². The normalized spacial score (nSPS) is 22.2. The summed E-state index contributed by atoms with van der Waals surface area (Å²) in [5.74, 6) is -0.774. The molecular formula is C19H22FN3O3. The standard InChI is InChI=1S/C19H22FN3O3/c20-14-4-1-3-12-11-16(26-17(12)14)19(25)22-9-6-13(7-10-22)23-8-2-5-15(23)18(21)24/h1,3-4,11,13,15H,2,5-10H2,(H2,21,24). The Bertz CT molecular complexity index is 842. The van der Waals surface area contributed by atoms with E-state index in [0.717, 1.165) is 32.2 Å². The van der Waals surface area contributed by atoms with Crippen LogP contribution in [0.1, 0.15) is 36.2 Å². The Balaban J connectivity index is 1.43. The number of halogens is 1. The van der Waals surface area contributed by atoms with Crippen molar-refractivity contribution in [3.05, 3.63) is 35.8 Å². The lowest BCUT2D eigenvalue weighted by Gasteiger charge is -2.38. The first kappa shape index (κ1) is 17.0. The zero-order valence-corrected chi connectivity index (χ0v) is 14.5. The van der Waals surface area contributed by atoms with Gasteiger partial charge >= 0.3 is 0 Å². The smallest absolute Gasteiger partial charge is 0.289 e. The number of rotatable bonds is 3. The largest absolute Gasteiger partial charge is 0.448 e. The predicted molar refractivity (Wildman–Crippen MR) is 94.0 cm³/mol. The molecule has 0 saturated carbocycles. The quantitative estimate of drug-likeness (QED) is 0.910. The summed E-state index contributed by atoms with van der Waals surface area (Å²) in [5.41, 5.74) is 5.62. The minimum absolute atomic E-state index is 0.118.